The Morgan fingerprint density at radius 3 is 1.95 bits per heavy atom. The van der Waals surface area contributed by atoms with Crippen molar-refractivity contribution >= 4 is 35.1 Å². The number of hydrogen-bond acceptors (Lipinski definition) is 0. The Hall–Kier alpha value is -1.96. The molecule has 0 bridgehead atoms. The van der Waals surface area contributed by atoms with Crippen LogP contribution < -0.4 is 0 Å². The molecule has 0 fully saturated rings. The van der Waals surface area contributed by atoms with E-state index >= 15 is 0 Å². The summed E-state index contributed by atoms with van der Waals surface area (Å²) in [7, 11) is 17.3. The third kappa shape index (κ3) is 4.78. The summed E-state index contributed by atoms with van der Waals surface area (Å²) in [4.78, 5) is 0. The Morgan fingerprint density at radius 1 is 0.682 bits per heavy atom. The summed E-state index contributed by atoms with van der Waals surface area (Å²) in [6.07, 6.45) is 4.92. The molecule has 2 aliphatic carbocycles. The van der Waals surface area contributed by atoms with Crippen LogP contribution >= 0.6 is 17.0 Å². The van der Waals surface area contributed by atoms with Crippen LogP contribution in [0.2, 0.25) is 13.1 Å². The first kappa shape index (κ1) is 32.0. The van der Waals surface area contributed by atoms with E-state index in [2.05, 4.69) is 147 Å². The first-order valence-corrected chi connectivity index (χ1v) is 32.4. The van der Waals surface area contributed by atoms with Crippen LogP contribution in [0.25, 0.3) is 34.4 Å². The number of benzene rings is 4. The van der Waals surface area contributed by atoms with E-state index in [0.717, 1.165) is 0 Å². The fraction of sp³-hybridized carbons (Fsp3) is 0.300. The molecule has 0 aromatic heterocycles. The van der Waals surface area contributed by atoms with Crippen molar-refractivity contribution in [2.45, 2.75) is 68.8 Å². The van der Waals surface area contributed by atoms with Crippen LogP contribution in [0.1, 0.15) is 72.5 Å². The van der Waals surface area contributed by atoms with Crippen LogP contribution in [0.3, 0.4) is 0 Å². The molecular weight excluding hydrogens is 671 g/mol. The second-order valence-corrected chi connectivity index (χ2v) is 56.6. The van der Waals surface area contributed by atoms with E-state index in [0.29, 0.717) is 5.92 Å². The maximum atomic E-state index is 8.64. The Kier molecular flexibility index (Phi) is 8.28. The van der Waals surface area contributed by atoms with Gasteiger partial charge in [-0.1, -0.05) is 0 Å². The van der Waals surface area contributed by atoms with Crippen molar-refractivity contribution in [3.05, 3.63) is 128 Å². The predicted octanol–water partition coefficient (Wildman–Crippen LogP) is 12.5. The summed E-state index contributed by atoms with van der Waals surface area (Å²) in [6.45, 7) is 20.8. The summed E-state index contributed by atoms with van der Waals surface area (Å²) >= 11 is -4.82. The van der Waals surface area contributed by atoms with Gasteiger partial charge in [0, 0.05) is 0 Å². The van der Waals surface area contributed by atoms with E-state index in [1.54, 1.807) is 0 Å². The van der Waals surface area contributed by atoms with E-state index in [1.807, 2.05) is 0 Å². The Bertz CT molecular complexity index is 1840. The van der Waals surface area contributed by atoms with E-state index in [1.165, 1.54) is 77.9 Å². The number of aryl methyl sites for hydroxylation is 4. The van der Waals surface area contributed by atoms with Gasteiger partial charge in [-0.15, -0.1) is 0 Å². The summed E-state index contributed by atoms with van der Waals surface area (Å²) in [5.74, 6) is -1.27. The van der Waals surface area contributed by atoms with Gasteiger partial charge in [-0.05, 0) is 0 Å². The quantitative estimate of drug-likeness (QED) is 0.174. The van der Waals surface area contributed by atoms with Crippen LogP contribution in [-0.2, 0) is 15.6 Å². The molecule has 0 aliphatic heterocycles. The van der Waals surface area contributed by atoms with E-state index in [9.17, 15) is 0 Å². The van der Waals surface area contributed by atoms with Crippen LogP contribution in [0, 0.1) is 33.6 Å². The molecule has 44 heavy (non-hydrogen) atoms. The molecule has 227 valence electrons. The van der Waals surface area contributed by atoms with Gasteiger partial charge in [0.25, 0.3) is 0 Å². The van der Waals surface area contributed by atoms with E-state index in [-0.39, 0.29) is 7.25 Å². The summed E-state index contributed by atoms with van der Waals surface area (Å²) in [5.41, 5.74) is 18.6. The summed E-state index contributed by atoms with van der Waals surface area (Å²) < 4.78 is 0.182. The van der Waals surface area contributed by atoms with Crippen LogP contribution in [0.4, 0.5) is 0 Å². The standard InChI is InChI=1S/C20H21.C18H17.C2H7Si.2ClH.Zr/c1-12-8-15(4)20(16(5)9-12)17-7-6-14(3)18-10-13(2)11-19(17)18;1-13(2)16-11-15-9-6-10-17(18(15)12-16)14-7-4-3-5-8-14;1-3-2;;;/h6-11H,1-5H3;3-13H,1-2H3;3H,1-2H3;2*1H;/q;;;;;+2/p-2. The third-order valence-corrected chi connectivity index (χ3v) is 62.5. The molecule has 2 unspecified atom stereocenters. The van der Waals surface area contributed by atoms with Gasteiger partial charge in [-0.2, -0.15) is 0 Å². The Balaban J connectivity index is 1.62. The zero-order valence-electron chi connectivity index (χ0n) is 27.6. The van der Waals surface area contributed by atoms with E-state index < -0.39 is 21.5 Å². The van der Waals surface area contributed by atoms with Gasteiger partial charge < -0.3 is 0 Å². The molecule has 0 spiro atoms. The predicted molar refractivity (Wildman–Crippen MR) is 195 cm³/mol. The molecule has 6 rings (SSSR count). The molecule has 0 radical (unpaired) electrons. The minimum atomic E-state index is -4.82. The number of fused-ring (bicyclic) bond motifs is 2. The van der Waals surface area contributed by atoms with Gasteiger partial charge >= 0.3 is 276 Å². The molecule has 0 heterocycles. The van der Waals surface area contributed by atoms with Crippen molar-refractivity contribution in [1.29, 1.82) is 0 Å². The molecule has 0 saturated heterocycles. The number of rotatable bonds is 6. The Morgan fingerprint density at radius 2 is 1.34 bits per heavy atom. The minimum absolute atomic E-state index is 0.0888. The normalized spacial score (nSPS) is 18.6. The second kappa shape index (κ2) is 11.4. The van der Waals surface area contributed by atoms with Gasteiger partial charge in [-0.3, -0.25) is 0 Å². The van der Waals surface area contributed by atoms with Crippen molar-refractivity contribution in [1.82, 2.24) is 0 Å². The van der Waals surface area contributed by atoms with Gasteiger partial charge in [0.1, 0.15) is 0 Å². The monoisotopic (exact) mass is 713 g/mol. The molecule has 0 saturated carbocycles. The number of allylic oxidation sites excluding steroid dienone is 2. The number of hydrogen-bond donors (Lipinski definition) is 0. The Labute approximate surface area is 274 Å². The molecule has 0 N–H and O–H groups in total. The van der Waals surface area contributed by atoms with Crippen LogP contribution in [0.15, 0.2) is 83.9 Å². The molecule has 4 aromatic carbocycles. The van der Waals surface area contributed by atoms with Crippen molar-refractivity contribution in [2.75, 3.05) is 0 Å². The molecule has 0 amide bonds. The zero-order chi connectivity index (χ0) is 31.7. The number of halogens is 2. The molecule has 4 aromatic rings. The van der Waals surface area contributed by atoms with Gasteiger partial charge in [0.05, 0.1) is 0 Å². The average Bonchev–Trinajstić information content (AvgIpc) is 3.54. The SMILES string of the molecule is CC1=Cc2c(-c3c(C)cc(C)cc3C)ccc(C)c2[CH]1[Zr]([Cl])([Cl])([CH]1C(C(C)C)=Cc2c(-c3ccccc3)cccc21)[SiH](C)C. The molecule has 4 heteroatoms. The fourth-order valence-corrected chi connectivity index (χ4v) is 40.8. The first-order valence-electron chi connectivity index (χ1n) is 16.1. The van der Waals surface area contributed by atoms with Crippen molar-refractivity contribution in [3.8, 4) is 22.3 Å². The van der Waals surface area contributed by atoms with Gasteiger partial charge in [0.15, 0.2) is 0 Å². The average molecular weight is 716 g/mol. The van der Waals surface area contributed by atoms with Crippen LogP contribution in [0.5, 0.6) is 0 Å². The molecular formula is C40H45Cl2SiZr. The van der Waals surface area contributed by atoms with Crippen molar-refractivity contribution < 1.29 is 15.6 Å². The molecule has 2 atom stereocenters. The molecule has 2 aliphatic rings. The van der Waals surface area contributed by atoms with E-state index in [4.69, 9.17) is 17.0 Å². The van der Waals surface area contributed by atoms with Crippen molar-refractivity contribution in [2.24, 2.45) is 5.92 Å². The second-order valence-electron chi connectivity index (χ2n) is 14.1. The maximum absolute atomic E-state index is 8.64. The topological polar surface area (TPSA) is 0 Å². The first-order chi connectivity index (χ1) is 20.7. The zero-order valence-corrected chi connectivity index (χ0v) is 32.8. The molecule has 0 nitrogen and oxygen atoms in total. The van der Waals surface area contributed by atoms with Gasteiger partial charge in [0.2, 0.25) is 0 Å². The summed E-state index contributed by atoms with van der Waals surface area (Å²) in [6, 6.07) is 26.9. The third-order valence-electron chi connectivity index (χ3n) is 10.6. The van der Waals surface area contributed by atoms with Crippen LogP contribution in [-0.4, -0.2) is 5.92 Å². The van der Waals surface area contributed by atoms with Gasteiger partial charge in [-0.25, -0.2) is 0 Å². The van der Waals surface area contributed by atoms with Crippen molar-refractivity contribution in [3.63, 3.8) is 0 Å². The summed E-state index contributed by atoms with van der Waals surface area (Å²) in [5, 5.41) is 0. The fourth-order valence-electron chi connectivity index (χ4n) is 8.60.